The average Bonchev–Trinajstić information content (AvgIpc) is 2.68. The minimum absolute atomic E-state index is 0.453. The SMILES string of the molecule is C=CCc1ccc(OC[C@H]2CNCC[C@@H]2c2ccccc2)c(OC)c1. The lowest BCUT2D eigenvalue weighted by molar-refractivity contribution is 0.191. The van der Waals surface area contributed by atoms with Gasteiger partial charge in [-0.15, -0.1) is 6.58 Å². The predicted octanol–water partition coefficient (Wildman–Crippen LogP) is 4.20. The molecule has 3 nitrogen and oxygen atoms in total. The zero-order valence-electron chi connectivity index (χ0n) is 14.9. The standard InChI is InChI=1S/C22H27NO2/c1-3-7-17-10-11-21(22(14-17)24-2)25-16-19-15-23-13-12-20(19)18-8-5-4-6-9-18/h3-6,8-11,14,19-20,23H,1,7,12-13,15-16H2,2H3/t19-,20-/m1/s1. The van der Waals surface area contributed by atoms with Gasteiger partial charge in [-0.05, 0) is 48.6 Å². The van der Waals surface area contributed by atoms with Crippen LogP contribution in [-0.2, 0) is 6.42 Å². The van der Waals surface area contributed by atoms with Crippen LogP contribution in [0.3, 0.4) is 0 Å². The van der Waals surface area contributed by atoms with E-state index in [4.69, 9.17) is 9.47 Å². The van der Waals surface area contributed by atoms with Gasteiger partial charge in [0, 0.05) is 12.5 Å². The topological polar surface area (TPSA) is 30.5 Å². The molecule has 0 bridgehead atoms. The lowest BCUT2D eigenvalue weighted by atomic mass is 9.81. The minimum Gasteiger partial charge on any atom is -0.493 e. The molecule has 0 saturated carbocycles. The van der Waals surface area contributed by atoms with Gasteiger partial charge in [0.2, 0.25) is 0 Å². The van der Waals surface area contributed by atoms with Crippen molar-refractivity contribution in [2.45, 2.75) is 18.8 Å². The molecule has 1 fully saturated rings. The number of piperidine rings is 1. The van der Waals surface area contributed by atoms with Gasteiger partial charge in [0.25, 0.3) is 0 Å². The summed E-state index contributed by atoms with van der Waals surface area (Å²) < 4.78 is 11.7. The summed E-state index contributed by atoms with van der Waals surface area (Å²) in [5.41, 5.74) is 2.59. The van der Waals surface area contributed by atoms with Gasteiger partial charge in [-0.2, -0.15) is 0 Å². The Morgan fingerprint density at radius 2 is 2.00 bits per heavy atom. The first-order valence-corrected chi connectivity index (χ1v) is 8.98. The summed E-state index contributed by atoms with van der Waals surface area (Å²) in [7, 11) is 1.69. The number of allylic oxidation sites excluding steroid dienone is 1. The fourth-order valence-electron chi connectivity index (χ4n) is 3.56. The smallest absolute Gasteiger partial charge is 0.161 e. The zero-order chi connectivity index (χ0) is 17.5. The molecule has 132 valence electrons. The van der Waals surface area contributed by atoms with Crippen LogP contribution in [0.5, 0.6) is 11.5 Å². The number of ether oxygens (including phenoxy) is 2. The quantitative estimate of drug-likeness (QED) is 0.768. The van der Waals surface area contributed by atoms with Crippen LogP contribution in [0.1, 0.15) is 23.5 Å². The second-order valence-electron chi connectivity index (χ2n) is 6.56. The van der Waals surface area contributed by atoms with E-state index in [0.717, 1.165) is 37.4 Å². The van der Waals surface area contributed by atoms with Gasteiger partial charge >= 0.3 is 0 Å². The normalized spacial score (nSPS) is 20.0. The van der Waals surface area contributed by atoms with Crippen molar-refractivity contribution in [3.05, 3.63) is 72.3 Å². The minimum atomic E-state index is 0.453. The van der Waals surface area contributed by atoms with Crippen LogP contribution in [0.2, 0.25) is 0 Å². The molecule has 3 rings (SSSR count). The highest BCUT2D eigenvalue weighted by Gasteiger charge is 2.27. The van der Waals surface area contributed by atoms with Crippen molar-refractivity contribution in [3.63, 3.8) is 0 Å². The average molecular weight is 337 g/mol. The molecule has 2 aromatic rings. The van der Waals surface area contributed by atoms with Crippen molar-refractivity contribution < 1.29 is 9.47 Å². The van der Waals surface area contributed by atoms with Gasteiger partial charge in [-0.3, -0.25) is 0 Å². The Balaban J connectivity index is 1.70. The van der Waals surface area contributed by atoms with Crippen LogP contribution in [0.15, 0.2) is 61.2 Å². The molecule has 1 heterocycles. The molecule has 2 atom stereocenters. The van der Waals surface area contributed by atoms with Crippen molar-refractivity contribution in [1.82, 2.24) is 5.32 Å². The van der Waals surface area contributed by atoms with Gasteiger partial charge in [-0.25, -0.2) is 0 Å². The van der Waals surface area contributed by atoms with Gasteiger partial charge in [0.05, 0.1) is 13.7 Å². The third-order valence-corrected chi connectivity index (χ3v) is 4.90. The second-order valence-corrected chi connectivity index (χ2v) is 6.56. The summed E-state index contributed by atoms with van der Waals surface area (Å²) in [5.74, 6) is 2.59. The lowest BCUT2D eigenvalue weighted by Crippen LogP contribution is -2.38. The molecule has 1 aliphatic rings. The van der Waals surface area contributed by atoms with Crippen molar-refractivity contribution in [2.24, 2.45) is 5.92 Å². The first-order chi connectivity index (χ1) is 12.3. The number of rotatable bonds is 7. The molecule has 1 N–H and O–H groups in total. The Bertz CT molecular complexity index is 684. The largest absolute Gasteiger partial charge is 0.493 e. The monoisotopic (exact) mass is 337 g/mol. The van der Waals surface area contributed by atoms with Crippen LogP contribution >= 0.6 is 0 Å². The van der Waals surface area contributed by atoms with Crippen LogP contribution in [0, 0.1) is 5.92 Å². The highest BCUT2D eigenvalue weighted by Crippen LogP contribution is 2.33. The molecule has 0 aromatic heterocycles. The maximum absolute atomic E-state index is 6.16. The molecule has 0 amide bonds. The fourth-order valence-corrected chi connectivity index (χ4v) is 3.56. The molecule has 1 saturated heterocycles. The molecule has 25 heavy (non-hydrogen) atoms. The van der Waals surface area contributed by atoms with Crippen LogP contribution < -0.4 is 14.8 Å². The summed E-state index contributed by atoms with van der Waals surface area (Å²) in [6.07, 6.45) is 3.88. The molecule has 0 radical (unpaired) electrons. The van der Waals surface area contributed by atoms with E-state index >= 15 is 0 Å². The van der Waals surface area contributed by atoms with E-state index in [-0.39, 0.29) is 0 Å². The van der Waals surface area contributed by atoms with Crippen LogP contribution in [0.25, 0.3) is 0 Å². The van der Waals surface area contributed by atoms with Gasteiger partial charge in [0.1, 0.15) is 0 Å². The summed E-state index contributed by atoms with van der Waals surface area (Å²) in [5, 5.41) is 3.50. The van der Waals surface area contributed by atoms with E-state index < -0.39 is 0 Å². The number of benzene rings is 2. The van der Waals surface area contributed by atoms with Crippen LogP contribution in [-0.4, -0.2) is 26.8 Å². The lowest BCUT2D eigenvalue weighted by Gasteiger charge is -2.32. The molecular formula is C22H27NO2. The van der Waals surface area contributed by atoms with E-state index in [9.17, 15) is 0 Å². The number of methoxy groups -OCH3 is 1. The predicted molar refractivity (Wildman–Crippen MR) is 103 cm³/mol. The van der Waals surface area contributed by atoms with E-state index in [1.54, 1.807) is 7.11 Å². The fraction of sp³-hybridized carbons (Fsp3) is 0.364. The summed E-state index contributed by atoms with van der Waals surface area (Å²) in [6, 6.07) is 16.9. The molecule has 2 aromatic carbocycles. The van der Waals surface area contributed by atoms with E-state index in [0.29, 0.717) is 18.4 Å². The Hall–Kier alpha value is -2.26. The molecule has 0 unspecified atom stereocenters. The Morgan fingerprint density at radius 1 is 1.16 bits per heavy atom. The number of nitrogens with one attached hydrogen (secondary N) is 1. The van der Waals surface area contributed by atoms with E-state index in [1.807, 2.05) is 18.2 Å². The maximum atomic E-state index is 6.16. The van der Waals surface area contributed by atoms with Gasteiger partial charge < -0.3 is 14.8 Å². The van der Waals surface area contributed by atoms with Crippen molar-refractivity contribution in [1.29, 1.82) is 0 Å². The molecule has 0 spiro atoms. The third kappa shape index (κ3) is 4.43. The highest BCUT2D eigenvalue weighted by molar-refractivity contribution is 5.43. The number of hydrogen-bond acceptors (Lipinski definition) is 3. The van der Waals surface area contributed by atoms with Crippen molar-refractivity contribution in [2.75, 3.05) is 26.8 Å². The third-order valence-electron chi connectivity index (χ3n) is 4.90. The molecule has 3 heteroatoms. The maximum Gasteiger partial charge on any atom is 0.161 e. The number of hydrogen-bond donors (Lipinski definition) is 1. The van der Waals surface area contributed by atoms with E-state index in [2.05, 4.69) is 48.3 Å². The first kappa shape index (κ1) is 17.6. The molecule has 0 aliphatic carbocycles. The summed E-state index contributed by atoms with van der Waals surface area (Å²) >= 11 is 0. The Labute approximate surface area is 150 Å². The zero-order valence-corrected chi connectivity index (χ0v) is 14.9. The Morgan fingerprint density at radius 3 is 2.76 bits per heavy atom. The van der Waals surface area contributed by atoms with Gasteiger partial charge in [-0.1, -0.05) is 42.5 Å². The summed E-state index contributed by atoms with van der Waals surface area (Å²) in [4.78, 5) is 0. The van der Waals surface area contributed by atoms with Crippen molar-refractivity contribution in [3.8, 4) is 11.5 Å². The molecular weight excluding hydrogens is 310 g/mol. The second kappa shape index (κ2) is 8.72. The van der Waals surface area contributed by atoms with Gasteiger partial charge in [0.15, 0.2) is 11.5 Å². The van der Waals surface area contributed by atoms with Crippen LogP contribution in [0.4, 0.5) is 0 Å². The van der Waals surface area contributed by atoms with Crippen molar-refractivity contribution >= 4 is 0 Å². The summed E-state index contributed by atoms with van der Waals surface area (Å²) in [6.45, 7) is 6.52. The highest BCUT2D eigenvalue weighted by atomic mass is 16.5. The molecule has 1 aliphatic heterocycles. The Kier molecular flexibility index (Phi) is 6.13. The van der Waals surface area contributed by atoms with E-state index in [1.165, 1.54) is 11.1 Å². The first-order valence-electron chi connectivity index (χ1n) is 8.98.